The molecule has 0 fully saturated rings. The number of nitrogens with two attached hydrogens (primary N) is 1. The van der Waals surface area contributed by atoms with Gasteiger partial charge in [0.2, 0.25) is 0 Å². The van der Waals surface area contributed by atoms with Gasteiger partial charge in [-0.15, -0.1) is 0 Å². The molecule has 0 saturated carbocycles. The first-order valence-corrected chi connectivity index (χ1v) is 6.63. The summed E-state index contributed by atoms with van der Waals surface area (Å²) in [4.78, 5) is 4.14. The van der Waals surface area contributed by atoms with Crippen molar-refractivity contribution in [2.45, 2.75) is 0 Å². The molecule has 7 heteroatoms. The first kappa shape index (κ1) is 14.2. The number of rotatable bonds is 3. The fourth-order valence-corrected chi connectivity index (χ4v) is 2.15. The van der Waals surface area contributed by atoms with E-state index in [1.807, 2.05) is 0 Å². The highest BCUT2D eigenvalue weighted by Crippen LogP contribution is 2.33. The van der Waals surface area contributed by atoms with Crippen LogP contribution in [-0.2, 0) is 0 Å². The fraction of sp³-hybridized carbons (Fsp3) is 0. The lowest BCUT2D eigenvalue weighted by atomic mass is 10.3. The van der Waals surface area contributed by atoms with Gasteiger partial charge in [0.25, 0.3) is 0 Å². The molecule has 1 aromatic carbocycles. The van der Waals surface area contributed by atoms with Crippen LogP contribution in [0.15, 0.2) is 34.9 Å². The van der Waals surface area contributed by atoms with Crippen molar-refractivity contribution in [1.82, 2.24) is 4.98 Å². The summed E-state index contributed by atoms with van der Waals surface area (Å²) in [6, 6.07) is 5.79. The first-order valence-electron chi connectivity index (χ1n) is 5.05. The zero-order valence-corrected chi connectivity index (χ0v) is 12.5. The van der Waals surface area contributed by atoms with Gasteiger partial charge in [-0.3, -0.25) is 4.98 Å². The molecule has 3 nitrogen and oxygen atoms in total. The molecule has 0 aliphatic carbocycles. The van der Waals surface area contributed by atoms with Gasteiger partial charge in [-0.25, -0.2) is 4.39 Å². The Kier molecular flexibility index (Phi) is 4.34. The highest BCUT2D eigenvalue weighted by molar-refractivity contribution is 9.10. The minimum absolute atomic E-state index is 0.0118. The number of pyridine rings is 1. The van der Waals surface area contributed by atoms with E-state index in [-0.39, 0.29) is 10.0 Å². The molecule has 2 aromatic rings. The zero-order valence-electron chi connectivity index (χ0n) is 9.36. The predicted octanol–water partition coefficient (Wildman–Crippen LogP) is 4.06. The van der Waals surface area contributed by atoms with Crippen molar-refractivity contribution in [3.8, 4) is 11.5 Å². The third-order valence-corrected chi connectivity index (χ3v) is 3.30. The fourth-order valence-electron chi connectivity index (χ4n) is 1.32. The van der Waals surface area contributed by atoms with E-state index in [4.69, 9.17) is 34.3 Å². The zero-order chi connectivity index (χ0) is 14.0. The van der Waals surface area contributed by atoms with E-state index in [9.17, 15) is 4.39 Å². The van der Waals surface area contributed by atoms with Crippen LogP contribution < -0.4 is 10.5 Å². The molecule has 0 bridgehead atoms. The Bertz CT molecular complexity index is 654. The molecular formula is C12H7BrClFN2OS. The predicted molar refractivity (Wildman–Crippen MR) is 79.3 cm³/mol. The second-order valence-electron chi connectivity index (χ2n) is 3.54. The van der Waals surface area contributed by atoms with Gasteiger partial charge in [0, 0.05) is 18.3 Å². The van der Waals surface area contributed by atoms with E-state index in [0.717, 1.165) is 0 Å². The van der Waals surface area contributed by atoms with Gasteiger partial charge >= 0.3 is 0 Å². The number of halogens is 3. The van der Waals surface area contributed by atoms with Gasteiger partial charge in [-0.2, -0.15) is 0 Å². The summed E-state index contributed by atoms with van der Waals surface area (Å²) in [7, 11) is 0. The summed E-state index contributed by atoms with van der Waals surface area (Å²) in [5.74, 6) is 0.172. The Balaban J connectivity index is 2.33. The molecule has 1 heterocycles. The molecule has 0 spiro atoms. The van der Waals surface area contributed by atoms with Gasteiger partial charge in [-0.1, -0.05) is 23.8 Å². The van der Waals surface area contributed by atoms with Gasteiger partial charge < -0.3 is 10.5 Å². The van der Waals surface area contributed by atoms with Crippen LogP contribution in [0.1, 0.15) is 5.69 Å². The summed E-state index contributed by atoms with van der Waals surface area (Å²) in [6.45, 7) is 0. The van der Waals surface area contributed by atoms with E-state index in [0.29, 0.717) is 21.7 Å². The third-order valence-electron chi connectivity index (χ3n) is 2.19. The molecule has 0 amide bonds. The maximum Gasteiger partial charge on any atom is 0.145 e. The summed E-state index contributed by atoms with van der Waals surface area (Å²) < 4.78 is 19.5. The van der Waals surface area contributed by atoms with Crippen molar-refractivity contribution < 1.29 is 9.13 Å². The SMILES string of the molecule is NC(=S)c1cc(Oc2cc(F)c(Cl)cc2Br)ccn1. The molecular weight excluding hydrogens is 355 g/mol. The van der Waals surface area contributed by atoms with E-state index in [2.05, 4.69) is 20.9 Å². The highest BCUT2D eigenvalue weighted by Gasteiger charge is 2.09. The quantitative estimate of drug-likeness (QED) is 0.661. The second kappa shape index (κ2) is 5.81. The monoisotopic (exact) mass is 360 g/mol. The van der Waals surface area contributed by atoms with Crippen LogP contribution in [0.4, 0.5) is 4.39 Å². The highest BCUT2D eigenvalue weighted by atomic mass is 79.9. The molecule has 0 aliphatic rings. The van der Waals surface area contributed by atoms with Crippen LogP contribution in [-0.4, -0.2) is 9.97 Å². The summed E-state index contributed by atoms with van der Waals surface area (Å²) in [5, 5.41) is 0.0118. The van der Waals surface area contributed by atoms with Crippen molar-refractivity contribution >= 4 is 44.7 Å². The third kappa shape index (κ3) is 3.40. The Morgan fingerprint density at radius 2 is 2.16 bits per heavy atom. The maximum absolute atomic E-state index is 13.4. The van der Waals surface area contributed by atoms with Gasteiger partial charge in [-0.05, 0) is 28.1 Å². The van der Waals surface area contributed by atoms with Crippen LogP contribution in [0.3, 0.4) is 0 Å². The van der Waals surface area contributed by atoms with Crippen molar-refractivity contribution in [2.24, 2.45) is 5.73 Å². The summed E-state index contributed by atoms with van der Waals surface area (Å²) in [6.07, 6.45) is 1.50. The largest absolute Gasteiger partial charge is 0.456 e. The van der Waals surface area contributed by atoms with Gasteiger partial charge in [0.1, 0.15) is 28.0 Å². The van der Waals surface area contributed by atoms with Crippen LogP contribution in [0.5, 0.6) is 11.5 Å². The number of nitrogens with zero attached hydrogens (tertiary/aromatic N) is 1. The van der Waals surface area contributed by atoms with E-state index in [1.165, 1.54) is 18.3 Å². The maximum atomic E-state index is 13.4. The number of thiocarbonyl (C=S) groups is 1. The Morgan fingerprint density at radius 3 is 2.84 bits per heavy atom. The standard InChI is InChI=1S/C12H7BrClFN2OS/c13-7-4-8(14)9(15)5-11(7)18-6-1-2-17-10(3-6)12(16)19/h1-5H,(H2,16,19). The Labute approximate surface area is 127 Å². The van der Waals surface area contributed by atoms with E-state index in [1.54, 1.807) is 12.1 Å². The lowest BCUT2D eigenvalue weighted by molar-refractivity contribution is 0.473. The minimum Gasteiger partial charge on any atom is -0.456 e. The number of hydrogen-bond donors (Lipinski definition) is 1. The molecule has 0 radical (unpaired) electrons. The smallest absolute Gasteiger partial charge is 0.145 e. The van der Waals surface area contributed by atoms with E-state index >= 15 is 0 Å². The summed E-state index contributed by atoms with van der Waals surface area (Å²) in [5.41, 5.74) is 5.91. The van der Waals surface area contributed by atoms with Crippen LogP contribution >= 0.6 is 39.7 Å². The van der Waals surface area contributed by atoms with Crippen LogP contribution in [0.25, 0.3) is 0 Å². The molecule has 2 N–H and O–H groups in total. The molecule has 0 unspecified atom stereocenters. The lowest BCUT2D eigenvalue weighted by Crippen LogP contribution is -2.11. The molecule has 0 saturated heterocycles. The van der Waals surface area contributed by atoms with Crippen molar-refractivity contribution in [3.63, 3.8) is 0 Å². The topological polar surface area (TPSA) is 48.1 Å². The van der Waals surface area contributed by atoms with Crippen molar-refractivity contribution in [1.29, 1.82) is 0 Å². The second-order valence-corrected chi connectivity index (χ2v) is 5.24. The molecule has 19 heavy (non-hydrogen) atoms. The van der Waals surface area contributed by atoms with Gasteiger partial charge in [0.05, 0.1) is 9.50 Å². The lowest BCUT2D eigenvalue weighted by Gasteiger charge is -2.09. The normalized spacial score (nSPS) is 10.3. The minimum atomic E-state index is -0.566. The number of ether oxygens (including phenoxy) is 1. The summed E-state index contributed by atoms with van der Waals surface area (Å²) >= 11 is 13.7. The molecule has 0 aliphatic heterocycles. The molecule has 0 atom stereocenters. The molecule has 98 valence electrons. The first-order chi connectivity index (χ1) is 8.97. The number of aromatic nitrogens is 1. The Morgan fingerprint density at radius 1 is 1.42 bits per heavy atom. The molecule has 2 rings (SSSR count). The Hall–Kier alpha value is -1.24. The van der Waals surface area contributed by atoms with Crippen molar-refractivity contribution in [2.75, 3.05) is 0 Å². The number of hydrogen-bond acceptors (Lipinski definition) is 3. The van der Waals surface area contributed by atoms with Crippen molar-refractivity contribution in [3.05, 3.63) is 51.5 Å². The average molecular weight is 362 g/mol. The molecule has 1 aromatic heterocycles. The average Bonchev–Trinajstić information content (AvgIpc) is 2.36. The van der Waals surface area contributed by atoms with Crippen LogP contribution in [0.2, 0.25) is 5.02 Å². The van der Waals surface area contributed by atoms with Crippen LogP contribution in [0, 0.1) is 5.82 Å². The van der Waals surface area contributed by atoms with Gasteiger partial charge in [0.15, 0.2) is 0 Å². The number of benzene rings is 1. The van der Waals surface area contributed by atoms with E-state index < -0.39 is 5.82 Å².